The van der Waals surface area contributed by atoms with Gasteiger partial charge in [-0.15, -0.1) is 0 Å². The van der Waals surface area contributed by atoms with Crippen molar-refractivity contribution in [3.63, 3.8) is 0 Å². The summed E-state index contributed by atoms with van der Waals surface area (Å²) in [5.41, 5.74) is 5.94. The number of hydrazine groups is 1. The monoisotopic (exact) mass is 314 g/mol. The Morgan fingerprint density at radius 2 is 1.78 bits per heavy atom. The minimum Gasteiger partial charge on any atom is -0.508 e. The molecule has 0 aromatic heterocycles. The zero-order valence-electron chi connectivity index (χ0n) is 12.9. The summed E-state index contributed by atoms with van der Waals surface area (Å²) < 4.78 is 5.51. The Morgan fingerprint density at radius 3 is 2.43 bits per heavy atom. The Hall–Kier alpha value is -3.02. The SMILES string of the molecule is Cc1cccc(O[C@H](C)C(=O)NNC(=O)c2ccc(O)cc2)c1. The predicted molar refractivity (Wildman–Crippen MR) is 85.0 cm³/mol. The second-order valence-electron chi connectivity index (χ2n) is 5.07. The molecule has 0 saturated carbocycles. The third-order valence-electron chi connectivity index (χ3n) is 3.10. The van der Waals surface area contributed by atoms with Crippen LogP contribution in [0.1, 0.15) is 22.8 Å². The first kappa shape index (κ1) is 16.4. The maximum absolute atomic E-state index is 11.9. The summed E-state index contributed by atoms with van der Waals surface area (Å²) >= 11 is 0. The number of phenolic OH excluding ortho intramolecular Hbond substituents is 1. The average molecular weight is 314 g/mol. The normalized spacial score (nSPS) is 11.4. The van der Waals surface area contributed by atoms with E-state index in [0.717, 1.165) is 5.56 Å². The lowest BCUT2D eigenvalue weighted by Crippen LogP contribution is -2.47. The molecular formula is C17H18N2O4. The van der Waals surface area contributed by atoms with Crippen molar-refractivity contribution in [2.24, 2.45) is 0 Å². The number of ether oxygens (including phenoxy) is 1. The van der Waals surface area contributed by atoms with Gasteiger partial charge in [-0.05, 0) is 55.8 Å². The number of rotatable bonds is 4. The van der Waals surface area contributed by atoms with Gasteiger partial charge in [-0.2, -0.15) is 0 Å². The minimum absolute atomic E-state index is 0.0609. The Labute approximate surface area is 134 Å². The molecule has 2 aromatic rings. The summed E-state index contributed by atoms with van der Waals surface area (Å²) in [6, 6.07) is 13.0. The lowest BCUT2D eigenvalue weighted by molar-refractivity contribution is -0.128. The Bertz CT molecular complexity index is 698. The standard InChI is InChI=1S/C17H18N2O4/c1-11-4-3-5-15(10-11)23-12(2)16(21)18-19-17(22)13-6-8-14(20)9-7-13/h3-10,12,20H,1-2H3,(H,18,21)(H,19,22)/t12-/m1/s1. The summed E-state index contributed by atoms with van der Waals surface area (Å²) in [5, 5.41) is 9.17. The van der Waals surface area contributed by atoms with Gasteiger partial charge in [-0.25, -0.2) is 0 Å². The topological polar surface area (TPSA) is 87.7 Å². The third-order valence-corrected chi connectivity index (χ3v) is 3.10. The van der Waals surface area contributed by atoms with E-state index in [1.54, 1.807) is 13.0 Å². The van der Waals surface area contributed by atoms with Crippen molar-refractivity contribution in [3.8, 4) is 11.5 Å². The van der Waals surface area contributed by atoms with Crippen LogP contribution >= 0.6 is 0 Å². The Balaban J connectivity index is 1.86. The molecule has 0 aliphatic heterocycles. The van der Waals surface area contributed by atoms with Crippen molar-refractivity contribution in [1.82, 2.24) is 10.9 Å². The number of phenols is 1. The van der Waals surface area contributed by atoms with Crippen molar-refractivity contribution in [2.75, 3.05) is 0 Å². The molecule has 2 rings (SSSR count). The van der Waals surface area contributed by atoms with Crippen LogP contribution in [0.5, 0.6) is 11.5 Å². The molecule has 0 fully saturated rings. The molecule has 0 aliphatic carbocycles. The van der Waals surface area contributed by atoms with Crippen molar-refractivity contribution in [3.05, 3.63) is 59.7 Å². The zero-order chi connectivity index (χ0) is 16.8. The van der Waals surface area contributed by atoms with E-state index in [-0.39, 0.29) is 5.75 Å². The van der Waals surface area contributed by atoms with Gasteiger partial charge in [0.1, 0.15) is 11.5 Å². The lowest BCUT2D eigenvalue weighted by Gasteiger charge is -2.15. The van der Waals surface area contributed by atoms with Crippen LogP contribution < -0.4 is 15.6 Å². The minimum atomic E-state index is -0.767. The van der Waals surface area contributed by atoms with Crippen LogP contribution in [0.25, 0.3) is 0 Å². The molecular weight excluding hydrogens is 296 g/mol. The number of nitrogens with one attached hydrogen (secondary N) is 2. The van der Waals surface area contributed by atoms with Gasteiger partial charge in [-0.3, -0.25) is 20.4 Å². The molecule has 6 nitrogen and oxygen atoms in total. The van der Waals surface area contributed by atoms with Crippen molar-refractivity contribution in [2.45, 2.75) is 20.0 Å². The van der Waals surface area contributed by atoms with Gasteiger partial charge in [0.05, 0.1) is 0 Å². The van der Waals surface area contributed by atoms with E-state index in [9.17, 15) is 14.7 Å². The molecule has 120 valence electrons. The van der Waals surface area contributed by atoms with E-state index >= 15 is 0 Å². The molecule has 0 radical (unpaired) electrons. The highest BCUT2D eigenvalue weighted by Gasteiger charge is 2.16. The number of benzene rings is 2. The van der Waals surface area contributed by atoms with Crippen LogP contribution in [0.4, 0.5) is 0 Å². The summed E-state index contributed by atoms with van der Waals surface area (Å²) in [7, 11) is 0. The quantitative estimate of drug-likeness (QED) is 0.753. The third kappa shape index (κ3) is 4.74. The van der Waals surface area contributed by atoms with Crippen molar-refractivity contribution in [1.29, 1.82) is 0 Å². The van der Waals surface area contributed by atoms with Crippen LogP contribution in [0.2, 0.25) is 0 Å². The Kier molecular flexibility index (Phi) is 5.19. The fraction of sp³-hybridized carbons (Fsp3) is 0.176. The first-order valence-electron chi connectivity index (χ1n) is 7.08. The molecule has 0 aliphatic rings. The van der Waals surface area contributed by atoms with Crippen LogP contribution in [0.15, 0.2) is 48.5 Å². The van der Waals surface area contributed by atoms with E-state index in [2.05, 4.69) is 10.9 Å². The van der Waals surface area contributed by atoms with Crippen LogP contribution in [-0.4, -0.2) is 23.0 Å². The van der Waals surface area contributed by atoms with Crippen LogP contribution in [0, 0.1) is 6.92 Å². The summed E-state index contributed by atoms with van der Waals surface area (Å²) in [6.07, 6.45) is -0.767. The molecule has 0 spiro atoms. The van der Waals surface area contributed by atoms with E-state index in [4.69, 9.17) is 4.74 Å². The molecule has 2 aromatic carbocycles. The first-order chi connectivity index (χ1) is 11.0. The zero-order valence-corrected chi connectivity index (χ0v) is 12.9. The van der Waals surface area contributed by atoms with Crippen molar-refractivity contribution < 1.29 is 19.4 Å². The van der Waals surface area contributed by atoms with Gasteiger partial charge in [0.15, 0.2) is 6.10 Å². The maximum Gasteiger partial charge on any atom is 0.279 e. The Morgan fingerprint density at radius 1 is 1.09 bits per heavy atom. The molecule has 0 bridgehead atoms. The molecule has 6 heteroatoms. The number of hydrogen-bond donors (Lipinski definition) is 3. The van der Waals surface area contributed by atoms with Crippen LogP contribution in [0.3, 0.4) is 0 Å². The van der Waals surface area contributed by atoms with Gasteiger partial charge in [0.25, 0.3) is 11.8 Å². The summed E-state index contributed by atoms with van der Waals surface area (Å²) in [4.78, 5) is 23.8. The van der Waals surface area contributed by atoms with Gasteiger partial charge < -0.3 is 9.84 Å². The molecule has 0 unspecified atom stereocenters. The molecule has 23 heavy (non-hydrogen) atoms. The average Bonchev–Trinajstić information content (AvgIpc) is 2.53. The second-order valence-corrected chi connectivity index (χ2v) is 5.07. The van der Waals surface area contributed by atoms with Gasteiger partial charge in [0.2, 0.25) is 0 Å². The number of carbonyl (C=O) groups is 2. The highest BCUT2D eigenvalue weighted by molar-refractivity contribution is 5.95. The number of carbonyl (C=O) groups excluding carboxylic acids is 2. The molecule has 0 heterocycles. The molecule has 1 atom stereocenters. The predicted octanol–water partition coefficient (Wildman–Crippen LogP) is 1.93. The number of amides is 2. The smallest absolute Gasteiger partial charge is 0.279 e. The van der Waals surface area contributed by atoms with E-state index < -0.39 is 17.9 Å². The highest BCUT2D eigenvalue weighted by atomic mass is 16.5. The lowest BCUT2D eigenvalue weighted by atomic mass is 10.2. The van der Waals surface area contributed by atoms with Crippen molar-refractivity contribution >= 4 is 11.8 Å². The summed E-state index contributed by atoms with van der Waals surface area (Å²) in [5.74, 6) is -0.317. The largest absolute Gasteiger partial charge is 0.508 e. The molecule has 3 N–H and O–H groups in total. The second kappa shape index (κ2) is 7.31. The van der Waals surface area contributed by atoms with Gasteiger partial charge in [0, 0.05) is 5.56 Å². The summed E-state index contributed by atoms with van der Waals surface area (Å²) in [6.45, 7) is 3.51. The fourth-order valence-electron chi connectivity index (χ4n) is 1.85. The number of aryl methyl sites for hydroxylation is 1. The highest BCUT2D eigenvalue weighted by Crippen LogP contribution is 2.14. The van der Waals surface area contributed by atoms with E-state index in [1.165, 1.54) is 24.3 Å². The van der Waals surface area contributed by atoms with E-state index in [1.807, 2.05) is 25.1 Å². The first-order valence-corrected chi connectivity index (χ1v) is 7.08. The number of aromatic hydroxyl groups is 1. The van der Waals surface area contributed by atoms with Crippen LogP contribution in [-0.2, 0) is 4.79 Å². The van der Waals surface area contributed by atoms with Gasteiger partial charge in [-0.1, -0.05) is 12.1 Å². The van der Waals surface area contributed by atoms with E-state index in [0.29, 0.717) is 11.3 Å². The van der Waals surface area contributed by atoms with Gasteiger partial charge >= 0.3 is 0 Å². The molecule has 2 amide bonds. The molecule has 0 saturated heterocycles. The number of hydrogen-bond acceptors (Lipinski definition) is 4. The maximum atomic E-state index is 11.9. The fourth-order valence-corrected chi connectivity index (χ4v) is 1.85.